The largest absolute Gasteiger partial charge is 0.357 e. The van der Waals surface area contributed by atoms with Crippen molar-refractivity contribution in [1.82, 2.24) is 20.4 Å². The summed E-state index contributed by atoms with van der Waals surface area (Å²) in [6.45, 7) is 8.61. The lowest BCUT2D eigenvalue weighted by Crippen LogP contribution is -2.38. The molecule has 23 heavy (non-hydrogen) atoms. The summed E-state index contributed by atoms with van der Waals surface area (Å²) in [6, 6.07) is 5.08. The summed E-state index contributed by atoms with van der Waals surface area (Å²) in [7, 11) is 0. The van der Waals surface area contributed by atoms with Gasteiger partial charge >= 0.3 is 0 Å². The van der Waals surface area contributed by atoms with Gasteiger partial charge < -0.3 is 10.6 Å². The molecule has 0 spiro atoms. The van der Waals surface area contributed by atoms with E-state index < -0.39 is 0 Å². The molecule has 0 aliphatic heterocycles. The van der Waals surface area contributed by atoms with Crippen LogP contribution in [0.2, 0.25) is 0 Å². The second-order valence-corrected chi connectivity index (χ2v) is 5.49. The highest BCUT2D eigenvalue weighted by molar-refractivity contribution is 5.79. The third-order valence-corrected chi connectivity index (χ3v) is 3.38. The standard InChI is InChI=1S/C17H24FN5/c1-4-19-17(20-7-8-23-12-13(2)10-22-23)21-11-15-5-6-16(18)14(3)9-15/h5-6,9-10,12H,4,7-8,11H2,1-3H3,(H2,19,20,21). The van der Waals surface area contributed by atoms with Crippen LogP contribution in [0.4, 0.5) is 4.39 Å². The lowest BCUT2D eigenvalue weighted by atomic mass is 10.1. The van der Waals surface area contributed by atoms with Gasteiger partial charge in [0.15, 0.2) is 5.96 Å². The smallest absolute Gasteiger partial charge is 0.191 e. The number of nitrogens with one attached hydrogen (secondary N) is 2. The molecule has 0 aliphatic carbocycles. The third-order valence-electron chi connectivity index (χ3n) is 3.38. The number of rotatable bonds is 6. The zero-order valence-electron chi connectivity index (χ0n) is 13.9. The van der Waals surface area contributed by atoms with Crippen LogP contribution in [0.3, 0.4) is 0 Å². The van der Waals surface area contributed by atoms with E-state index in [1.165, 1.54) is 6.07 Å². The molecule has 0 fully saturated rings. The lowest BCUT2D eigenvalue weighted by Gasteiger charge is -2.11. The summed E-state index contributed by atoms with van der Waals surface area (Å²) in [4.78, 5) is 4.53. The molecule has 1 heterocycles. The Bertz CT molecular complexity index is 663. The summed E-state index contributed by atoms with van der Waals surface area (Å²) in [5.41, 5.74) is 2.78. The quantitative estimate of drug-likeness (QED) is 0.635. The second kappa shape index (κ2) is 8.31. The van der Waals surface area contributed by atoms with Gasteiger partial charge in [-0.15, -0.1) is 0 Å². The lowest BCUT2D eigenvalue weighted by molar-refractivity contribution is 0.597. The van der Waals surface area contributed by atoms with Gasteiger partial charge in [0.05, 0.1) is 19.3 Å². The fourth-order valence-corrected chi connectivity index (χ4v) is 2.20. The first kappa shape index (κ1) is 17.0. The summed E-state index contributed by atoms with van der Waals surface area (Å²) in [6.07, 6.45) is 3.85. The summed E-state index contributed by atoms with van der Waals surface area (Å²) >= 11 is 0. The Morgan fingerprint density at radius 1 is 1.30 bits per heavy atom. The Morgan fingerprint density at radius 2 is 2.13 bits per heavy atom. The Balaban J connectivity index is 1.89. The molecule has 0 radical (unpaired) electrons. The van der Waals surface area contributed by atoms with E-state index in [0.717, 1.165) is 36.7 Å². The second-order valence-electron chi connectivity index (χ2n) is 5.49. The highest BCUT2D eigenvalue weighted by Gasteiger charge is 2.01. The summed E-state index contributed by atoms with van der Waals surface area (Å²) in [5.74, 6) is 0.565. The van der Waals surface area contributed by atoms with Crippen molar-refractivity contribution in [3.8, 4) is 0 Å². The van der Waals surface area contributed by atoms with E-state index in [1.807, 2.05) is 37.0 Å². The van der Waals surface area contributed by atoms with Crippen LogP contribution in [0, 0.1) is 19.7 Å². The maximum Gasteiger partial charge on any atom is 0.191 e. The molecule has 0 aliphatic rings. The number of hydrogen-bond acceptors (Lipinski definition) is 2. The molecule has 1 aromatic heterocycles. The van der Waals surface area contributed by atoms with Crippen molar-refractivity contribution >= 4 is 5.96 Å². The molecule has 6 heteroatoms. The van der Waals surface area contributed by atoms with Crippen LogP contribution in [-0.4, -0.2) is 28.8 Å². The predicted molar refractivity (Wildman–Crippen MR) is 90.9 cm³/mol. The molecule has 2 aromatic rings. The minimum Gasteiger partial charge on any atom is -0.357 e. The normalized spacial score (nSPS) is 11.6. The van der Waals surface area contributed by atoms with Crippen molar-refractivity contribution < 1.29 is 4.39 Å². The molecular weight excluding hydrogens is 293 g/mol. The van der Waals surface area contributed by atoms with Gasteiger partial charge in [-0.2, -0.15) is 5.10 Å². The van der Waals surface area contributed by atoms with E-state index in [4.69, 9.17) is 0 Å². The van der Waals surface area contributed by atoms with Crippen LogP contribution in [0.1, 0.15) is 23.6 Å². The topological polar surface area (TPSA) is 54.2 Å². The fraction of sp³-hybridized carbons (Fsp3) is 0.412. The van der Waals surface area contributed by atoms with Crippen LogP contribution in [-0.2, 0) is 13.1 Å². The minimum absolute atomic E-state index is 0.183. The maximum absolute atomic E-state index is 13.3. The number of hydrogen-bond donors (Lipinski definition) is 2. The molecule has 0 atom stereocenters. The van der Waals surface area contributed by atoms with E-state index in [-0.39, 0.29) is 5.82 Å². The molecule has 0 amide bonds. The van der Waals surface area contributed by atoms with Crippen molar-refractivity contribution in [2.75, 3.05) is 13.1 Å². The highest BCUT2D eigenvalue weighted by atomic mass is 19.1. The molecule has 0 unspecified atom stereocenters. The van der Waals surface area contributed by atoms with Gasteiger partial charge in [-0.25, -0.2) is 9.38 Å². The Hall–Kier alpha value is -2.37. The van der Waals surface area contributed by atoms with Gasteiger partial charge in [-0.3, -0.25) is 4.68 Å². The first-order chi connectivity index (χ1) is 11.1. The van der Waals surface area contributed by atoms with Crippen LogP contribution < -0.4 is 10.6 Å². The molecule has 0 saturated carbocycles. The van der Waals surface area contributed by atoms with Crippen LogP contribution in [0.5, 0.6) is 0 Å². The van der Waals surface area contributed by atoms with E-state index in [2.05, 4.69) is 20.7 Å². The average molecular weight is 317 g/mol. The van der Waals surface area contributed by atoms with Crippen molar-refractivity contribution in [3.63, 3.8) is 0 Å². The number of aromatic nitrogens is 2. The number of aryl methyl sites for hydroxylation is 2. The number of benzene rings is 1. The van der Waals surface area contributed by atoms with Gasteiger partial charge in [0, 0.05) is 19.3 Å². The average Bonchev–Trinajstić information content (AvgIpc) is 2.93. The molecule has 1 aromatic carbocycles. The molecule has 124 valence electrons. The minimum atomic E-state index is -0.183. The number of aliphatic imine (C=N–C) groups is 1. The van der Waals surface area contributed by atoms with Crippen LogP contribution in [0.25, 0.3) is 0 Å². The van der Waals surface area contributed by atoms with E-state index in [1.54, 1.807) is 13.0 Å². The maximum atomic E-state index is 13.3. The third kappa shape index (κ3) is 5.39. The van der Waals surface area contributed by atoms with Crippen molar-refractivity contribution in [3.05, 3.63) is 53.1 Å². The molecule has 5 nitrogen and oxygen atoms in total. The Morgan fingerprint density at radius 3 is 2.78 bits per heavy atom. The van der Waals surface area contributed by atoms with Gasteiger partial charge in [-0.05, 0) is 43.5 Å². The van der Waals surface area contributed by atoms with Gasteiger partial charge in [-0.1, -0.05) is 12.1 Å². The monoisotopic (exact) mass is 317 g/mol. The molecule has 0 saturated heterocycles. The molecular formula is C17H24FN5. The zero-order valence-corrected chi connectivity index (χ0v) is 13.9. The van der Waals surface area contributed by atoms with Crippen LogP contribution in [0.15, 0.2) is 35.6 Å². The van der Waals surface area contributed by atoms with Crippen molar-refractivity contribution in [2.24, 2.45) is 4.99 Å². The summed E-state index contributed by atoms with van der Waals surface area (Å²) < 4.78 is 15.2. The Labute approximate surface area is 136 Å². The number of nitrogens with zero attached hydrogens (tertiary/aromatic N) is 3. The van der Waals surface area contributed by atoms with Gasteiger partial charge in [0.25, 0.3) is 0 Å². The van der Waals surface area contributed by atoms with E-state index in [9.17, 15) is 4.39 Å². The molecule has 0 bridgehead atoms. The molecule has 2 rings (SSSR count). The van der Waals surface area contributed by atoms with Crippen molar-refractivity contribution in [2.45, 2.75) is 33.9 Å². The highest BCUT2D eigenvalue weighted by Crippen LogP contribution is 2.09. The van der Waals surface area contributed by atoms with Gasteiger partial charge in [0.2, 0.25) is 0 Å². The Kier molecular flexibility index (Phi) is 6.14. The first-order valence-corrected chi connectivity index (χ1v) is 7.84. The van der Waals surface area contributed by atoms with Crippen molar-refractivity contribution in [1.29, 1.82) is 0 Å². The molecule has 2 N–H and O–H groups in total. The predicted octanol–water partition coefficient (Wildman–Crippen LogP) is 2.39. The first-order valence-electron chi connectivity index (χ1n) is 7.84. The SMILES string of the molecule is CCNC(=NCc1ccc(F)c(C)c1)NCCn1cc(C)cn1. The number of guanidine groups is 1. The van der Waals surface area contributed by atoms with Crippen LogP contribution >= 0.6 is 0 Å². The zero-order chi connectivity index (χ0) is 16.7. The summed E-state index contributed by atoms with van der Waals surface area (Å²) in [5, 5.41) is 10.7. The van der Waals surface area contributed by atoms with Gasteiger partial charge in [0.1, 0.15) is 5.82 Å². The fourth-order valence-electron chi connectivity index (χ4n) is 2.20. The van der Waals surface area contributed by atoms with E-state index in [0.29, 0.717) is 12.1 Å². The number of halogens is 1. The van der Waals surface area contributed by atoms with E-state index >= 15 is 0 Å².